The van der Waals surface area contributed by atoms with Gasteiger partial charge in [0, 0.05) is 70.0 Å². The van der Waals surface area contributed by atoms with Crippen molar-refractivity contribution in [2.24, 2.45) is 0 Å². The van der Waals surface area contributed by atoms with E-state index in [2.05, 4.69) is 429 Å². The predicted molar refractivity (Wildman–Crippen MR) is 472 cm³/mol. The van der Waals surface area contributed by atoms with E-state index in [1.165, 1.54) is 116 Å². The molecule has 0 saturated carbocycles. The molecule has 20 aromatic rings. The molecule has 0 N–H and O–H groups in total. The number of hydrogen-bond acceptors (Lipinski definition) is 4. The highest BCUT2D eigenvalue weighted by atomic mass is 79.9. The van der Waals surface area contributed by atoms with Crippen molar-refractivity contribution < 1.29 is 18.1 Å². The quantitative estimate of drug-likeness (QED) is 0.112. The molecular formula is C105H77BBrN2O4-. The molecule has 0 atom stereocenters. The smallest absolute Gasteiger partial charge is 0.456 e. The molecule has 6 nitrogen and oxygen atoms in total. The number of furan rings is 2. The van der Waals surface area contributed by atoms with Crippen LogP contribution in [0.1, 0.15) is 72.2 Å². The second-order valence-corrected chi connectivity index (χ2v) is 31.7. The van der Waals surface area contributed by atoms with E-state index in [9.17, 15) is 0 Å². The maximum Gasteiger partial charge on any atom is 0.498 e. The fourth-order valence-corrected chi connectivity index (χ4v) is 18.9. The predicted octanol–water partition coefficient (Wildman–Crippen LogP) is 27.0. The van der Waals surface area contributed by atoms with Crippen LogP contribution >= 0.6 is 15.9 Å². The van der Waals surface area contributed by atoms with E-state index in [0.29, 0.717) is 0 Å². The summed E-state index contributed by atoms with van der Waals surface area (Å²) in [6.45, 7) is 8.34. The first kappa shape index (κ1) is 69.4. The summed E-state index contributed by atoms with van der Waals surface area (Å²) < 4.78 is 32.4. The minimum absolute atomic E-state index is 0. The normalized spacial score (nSPS) is 14.5. The Balaban J connectivity index is 0.000000119. The summed E-state index contributed by atoms with van der Waals surface area (Å²) >= 11 is 3.50. The lowest BCUT2D eigenvalue weighted by Crippen LogP contribution is -2.41. The Morgan fingerprint density at radius 3 is 1.02 bits per heavy atom. The van der Waals surface area contributed by atoms with E-state index in [1.54, 1.807) is 0 Å². The first-order valence-corrected chi connectivity index (χ1v) is 39.4. The summed E-state index contributed by atoms with van der Waals surface area (Å²) in [6.07, 6.45) is 0. The molecule has 4 aromatic heterocycles. The molecule has 0 radical (unpaired) electrons. The molecule has 113 heavy (non-hydrogen) atoms. The van der Waals surface area contributed by atoms with E-state index in [1.807, 2.05) is 0 Å². The largest absolute Gasteiger partial charge is 0.498 e. The fraction of sp³-hybridized carbons (Fsp3) is 0.0762. The van der Waals surface area contributed by atoms with Gasteiger partial charge >= 0.3 is 7.12 Å². The van der Waals surface area contributed by atoms with Crippen molar-refractivity contribution in [3.63, 3.8) is 0 Å². The second kappa shape index (κ2) is 27.0. The van der Waals surface area contributed by atoms with Crippen molar-refractivity contribution >= 4 is 116 Å². The first-order chi connectivity index (χ1) is 55.0. The van der Waals surface area contributed by atoms with E-state index < -0.39 is 29.2 Å². The van der Waals surface area contributed by atoms with Gasteiger partial charge in [0.05, 0.1) is 44.1 Å². The summed E-state index contributed by atoms with van der Waals surface area (Å²) in [5.41, 5.74) is 27.2. The van der Waals surface area contributed by atoms with E-state index in [-0.39, 0.29) is 7.43 Å². The van der Waals surface area contributed by atoms with Crippen molar-refractivity contribution in [1.29, 1.82) is 0 Å². The molecule has 1 fully saturated rings. The molecule has 3 aliphatic rings. The molecule has 0 spiro atoms. The van der Waals surface area contributed by atoms with Crippen molar-refractivity contribution in [3.8, 4) is 44.8 Å². The Bertz CT molecular complexity index is 6880. The number of nitrogens with zero attached hydrogens (tertiary/aromatic N) is 2. The van der Waals surface area contributed by atoms with Gasteiger partial charge in [-0.3, -0.25) is 0 Å². The highest BCUT2D eigenvalue weighted by Crippen LogP contribution is 2.60. The maximum atomic E-state index is 6.94. The zero-order valence-corrected chi connectivity index (χ0v) is 64.9. The Labute approximate surface area is 665 Å². The molecule has 8 heteroatoms. The topological polar surface area (TPSA) is 54.6 Å². The summed E-state index contributed by atoms with van der Waals surface area (Å²) in [7, 11) is -0.496. The van der Waals surface area contributed by atoms with Crippen LogP contribution in [0.2, 0.25) is 0 Å². The minimum atomic E-state index is -0.496. The Morgan fingerprint density at radius 2 is 0.602 bits per heavy atom. The molecule has 16 aromatic carbocycles. The van der Waals surface area contributed by atoms with Gasteiger partial charge in [-0.2, -0.15) is 0 Å². The third-order valence-electron chi connectivity index (χ3n) is 24.4. The van der Waals surface area contributed by atoms with Gasteiger partial charge in [0.2, 0.25) is 0 Å². The summed E-state index contributed by atoms with van der Waals surface area (Å²) in [5, 5.41) is 9.57. The number of fused-ring (bicyclic) bond motifs is 18. The van der Waals surface area contributed by atoms with Gasteiger partial charge in [-0.05, 0) is 185 Å². The second-order valence-electron chi connectivity index (χ2n) is 30.8. The Hall–Kier alpha value is -12.8. The number of benzene rings is 16. The van der Waals surface area contributed by atoms with Crippen LogP contribution in [-0.4, -0.2) is 27.5 Å². The Kier molecular flexibility index (Phi) is 16.6. The molecule has 542 valence electrons. The van der Waals surface area contributed by atoms with Crippen LogP contribution < -0.4 is 5.46 Å². The maximum absolute atomic E-state index is 6.94. The standard InChI is InChI=1S/C49H31NO.C37H31BO3.C18H12BrN.CH3/c1-3-14-33(15-4-1)49(34-16-5-2-6-17-34)43-23-10-7-18-37(43)41-30-42-40-22-13-21-36(48(40)51-47(42)31-44(41)49)32-26-28-35(29-27-32)50-45-24-11-8-19-38(45)39-20-9-12-25-46(39)50;1-35(2)36(3,4)41-38(40-35)32-21-13-19-27-29-22-28-26-18-11-12-20-30(26)37(24-14-7-5-8-15-24,25-16-9-6-10-17-25)31(28)23-33(29)39-34(27)32;19-13-9-11-14(12-10-13)20-17-7-3-1-5-15(17)16-6-2-4-8-18(16)20;/h1-31H;5-23H,1-4H3;1-12H;1H3/q;;;-1. The number of hydrogen-bond donors (Lipinski definition) is 0. The van der Waals surface area contributed by atoms with Gasteiger partial charge < -0.3 is 34.7 Å². The van der Waals surface area contributed by atoms with Crippen LogP contribution in [0.5, 0.6) is 0 Å². The van der Waals surface area contributed by atoms with Crippen molar-refractivity contribution in [1.82, 2.24) is 9.13 Å². The lowest BCUT2D eigenvalue weighted by atomic mass is 9.67. The zero-order valence-electron chi connectivity index (χ0n) is 63.3. The molecular weight excluding hydrogens is 1440 g/mol. The van der Waals surface area contributed by atoms with Gasteiger partial charge in [0.1, 0.15) is 22.3 Å². The van der Waals surface area contributed by atoms with Crippen molar-refractivity contribution in [2.75, 3.05) is 0 Å². The van der Waals surface area contributed by atoms with Crippen LogP contribution in [-0.2, 0) is 20.1 Å². The number of rotatable bonds is 8. The average Bonchev–Trinajstić information content (AvgIpc) is 1.54. The molecule has 0 bridgehead atoms. The highest BCUT2D eigenvalue weighted by Gasteiger charge is 2.53. The van der Waals surface area contributed by atoms with Crippen LogP contribution in [0.25, 0.3) is 132 Å². The van der Waals surface area contributed by atoms with Crippen LogP contribution in [0, 0.1) is 7.43 Å². The monoisotopic (exact) mass is 1520 g/mol. The summed E-state index contributed by atoms with van der Waals surface area (Å²) in [5.74, 6) is 0. The molecule has 0 amide bonds. The zero-order chi connectivity index (χ0) is 75.0. The van der Waals surface area contributed by atoms with Gasteiger partial charge in [0.25, 0.3) is 0 Å². The number of aromatic nitrogens is 2. The molecule has 1 saturated heterocycles. The molecule has 2 aliphatic carbocycles. The van der Waals surface area contributed by atoms with Gasteiger partial charge in [-0.15, -0.1) is 0 Å². The van der Waals surface area contributed by atoms with Gasteiger partial charge in [-0.25, -0.2) is 0 Å². The van der Waals surface area contributed by atoms with Crippen molar-refractivity contribution in [2.45, 2.75) is 49.7 Å². The van der Waals surface area contributed by atoms with Gasteiger partial charge in [-0.1, -0.05) is 307 Å². The summed E-state index contributed by atoms with van der Waals surface area (Å²) in [6, 6.07) is 135. The van der Waals surface area contributed by atoms with Crippen LogP contribution in [0.4, 0.5) is 0 Å². The SMILES string of the molecule is Brc1ccc(-n2c3ccccc3c3ccccc32)cc1.CC1(C)OB(c2cccc3c2oc2cc4c(cc23)-c2ccccc2C4(c2ccccc2)c2ccccc2)OC1(C)C.[CH3-].c1ccc(C2(c3ccccc3)c3ccccc3-c3cc4c(cc32)oc2c(-c3ccc(-n5c6ccccc6c6ccccc65)cc3)cccc24)cc1. The average molecular weight is 1520 g/mol. The van der Waals surface area contributed by atoms with E-state index >= 15 is 0 Å². The first-order valence-electron chi connectivity index (χ1n) is 38.6. The third kappa shape index (κ3) is 10.7. The fourth-order valence-electron chi connectivity index (χ4n) is 18.7. The Morgan fingerprint density at radius 1 is 0.274 bits per heavy atom. The van der Waals surface area contributed by atoms with Crippen molar-refractivity contribution in [3.05, 3.63) is 433 Å². The lowest BCUT2D eigenvalue weighted by Gasteiger charge is -2.33. The molecule has 0 unspecified atom stereocenters. The third-order valence-corrected chi connectivity index (χ3v) is 24.9. The highest BCUT2D eigenvalue weighted by molar-refractivity contribution is 9.10. The molecule has 23 rings (SSSR count). The molecule has 5 heterocycles. The number of para-hydroxylation sites is 6. The lowest BCUT2D eigenvalue weighted by molar-refractivity contribution is 0.00578. The van der Waals surface area contributed by atoms with Crippen LogP contribution in [0.3, 0.4) is 0 Å². The van der Waals surface area contributed by atoms with Crippen LogP contribution in [0.15, 0.2) is 389 Å². The molecule has 1 aliphatic heterocycles. The summed E-state index contributed by atoms with van der Waals surface area (Å²) in [4.78, 5) is 0. The number of halogens is 1. The van der Waals surface area contributed by atoms with Gasteiger partial charge in [0.15, 0.2) is 0 Å². The van der Waals surface area contributed by atoms with E-state index in [0.717, 1.165) is 70.6 Å². The minimum Gasteiger partial charge on any atom is -0.456 e. The van der Waals surface area contributed by atoms with E-state index in [4.69, 9.17) is 18.1 Å².